The van der Waals surface area contributed by atoms with Crippen molar-refractivity contribution in [3.63, 3.8) is 0 Å². The van der Waals surface area contributed by atoms with Crippen molar-refractivity contribution < 1.29 is 4.79 Å². The summed E-state index contributed by atoms with van der Waals surface area (Å²) in [4.78, 5) is 15.5. The van der Waals surface area contributed by atoms with Crippen LogP contribution < -0.4 is 5.73 Å². The number of carbonyl (C=O) groups is 1. The van der Waals surface area contributed by atoms with E-state index in [2.05, 4.69) is 9.55 Å². The van der Waals surface area contributed by atoms with Crippen molar-refractivity contribution in [1.29, 1.82) is 0 Å². The third-order valence-corrected chi connectivity index (χ3v) is 3.36. The van der Waals surface area contributed by atoms with Crippen molar-refractivity contribution in [2.75, 3.05) is 0 Å². The lowest BCUT2D eigenvalue weighted by molar-refractivity contribution is -0.117. The lowest BCUT2D eigenvalue weighted by Gasteiger charge is -2.10. The fourth-order valence-corrected chi connectivity index (χ4v) is 2.09. The summed E-state index contributed by atoms with van der Waals surface area (Å²) in [5.41, 5.74) is 9.21. The largest absolute Gasteiger partial charge is 0.331 e. The second-order valence-corrected chi connectivity index (χ2v) is 4.81. The Labute approximate surface area is 107 Å². The molecule has 1 unspecified atom stereocenters. The molecule has 0 spiro atoms. The van der Waals surface area contributed by atoms with E-state index in [-0.39, 0.29) is 11.8 Å². The van der Waals surface area contributed by atoms with E-state index in [1.54, 1.807) is 6.92 Å². The summed E-state index contributed by atoms with van der Waals surface area (Å²) >= 11 is 0. The molecule has 2 rings (SSSR count). The molecule has 2 aromatic rings. The first-order valence-electron chi connectivity index (χ1n) is 6.17. The number of benzene rings is 1. The van der Waals surface area contributed by atoms with Crippen molar-refractivity contribution in [2.24, 2.45) is 12.8 Å². The number of fused-ring (bicyclic) bond motifs is 1. The number of aryl methyl sites for hydroxylation is 2. The summed E-state index contributed by atoms with van der Waals surface area (Å²) in [5.74, 6) is 1.17. The number of hydrogen-bond donors (Lipinski definition) is 1. The molecule has 96 valence electrons. The molecule has 0 amide bonds. The average Bonchev–Trinajstić information content (AvgIpc) is 2.61. The van der Waals surface area contributed by atoms with Crippen LogP contribution >= 0.6 is 0 Å². The number of nitrogens with two attached hydrogens (primary N) is 1. The standard InChI is InChI=1S/C14H19N3O/c1-9(18)4-6-12(15)11-5-7-14-13(8-11)16-10(2)17(14)3/h5,7-8,12H,4,6,15H2,1-3H3. The van der Waals surface area contributed by atoms with Crippen molar-refractivity contribution >= 4 is 16.8 Å². The highest BCUT2D eigenvalue weighted by molar-refractivity contribution is 5.77. The van der Waals surface area contributed by atoms with E-state index in [9.17, 15) is 4.79 Å². The third kappa shape index (κ3) is 2.43. The molecule has 0 aliphatic carbocycles. The molecule has 0 saturated carbocycles. The molecule has 1 atom stereocenters. The van der Waals surface area contributed by atoms with E-state index in [1.807, 2.05) is 32.2 Å². The SMILES string of the molecule is CC(=O)CCC(N)c1ccc2c(c1)nc(C)n2C. The Morgan fingerprint density at radius 3 is 2.89 bits per heavy atom. The van der Waals surface area contributed by atoms with Crippen LogP contribution in [0.5, 0.6) is 0 Å². The zero-order valence-corrected chi connectivity index (χ0v) is 11.1. The number of nitrogens with zero attached hydrogens (tertiary/aromatic N) is 2. The first-order valence-corrected chi connectivity index (χ1v) is 6.17. The van der Waals surface area contributed by atoms with Crippen LogP contribution in [0, 0.1) is 6.92 Å². The summed E-state index contributed by atoms with van der Waals surface area (Å²) in [6.07, 6.45) is 1.22. The van der Waals surface area contributed by atoms with E-state index < -0.39 is 0 Å². The molecule has 4 heteroatoms. The molecule has 0 fully saturated rings. The maximum atomic E-state index is 11.0. The van der Waals surface area contributed by atoms with Crippen molar-refractivity contribution in [3.8, 4) is 0 Å². The minimum absolute atomic E-state index is 0.0967. The van der Waals surface area contributed by atoms with Crippen LogP contribution in [0.25, 0.3) is 11.0 Å². The molecule has 1 heterocycles. The molecule has 0 bridgehead atoms. The van der Waals surface area contributed by atoms with E-state index >= 15 is 0 Å². The number of hydrogen-bond acceptors (Lipinski definition) is 3. The summed E-state index contributed by atoms with van der Waals surface area (Å²) in [6.45, 7) is 3.58. The summed E-state index contributed by atoms with van der Waals surface area (Å²) < 4.78 is 2.06. The molecule has 1 aromatic heterocycles. The van der Waals surface area contributed by atoms with Gasteiger partial charge in [-0.05, 0) is 38.0 Å². The lowest BCUT2D eigenvalue weighted by Crippen LogP contribution is -2.11. The molecular weight excluding hydrogens is 226 g/mol. The highest BCUT2D eigenvalue weighted by Gasteiger charge is 2.10. The van der Waals surface area contributed by atoms with Crippen LogP contribution in [0.15, 0.2) is 18.2 Å². The van der Waals surface area contributed by atoms with Gasteiger partial charge in [-0.25, -0.2) is 4.98 Å². The monoisotopic (exact) mass is 245 g/mol. The second-order valence-electron chi connectivity index (χ2n) is 4.81. The van der Waals surface area contributed by atoms with Crippen LogP contribution in [-0.4, -0.2) is 15.3 Å². The van der Waals surface area contributed by atoms with E-state index in [1.165, 1.54) is 0 Å². The Balaban J connectivity index is 2.27. The van der Waals surface area contributed by atoms with Crippen LogP contribution in [0.2, 0.25) is 0 Å². The van der Waals surface area contributed by atoms with Gasteiger partial charge in [0.2, 0.25) is 0 Å². The van der Waals surface area contributed by atoms with Gasteiger partial charge in [-0.1, -0.05) is 6.07 Å². The van der Waals surface area contributed by atoms with Gasteiger partial charge in [0, 0.05) is 19.5 Å². The minimum Gasteiger partial charge on any atom is -0.331 e. The number of carbonyl (C=O) groups excluding carboxylic acids is 1. The molecule has 0 aliphatic rings. The molecule has 1 aromatic carbocycles. The predicted octanol–water partition coefficient (Wildman–Crippen LogP) is 2.25. The number of aromatic nitrogens is 2. The summed E-state index contributed by atoms with van der Waals surface area (Å²) in [6, 6.07) is 5.99. The molecule has 18 heavy (non-hydrogen) atoms. The Bertz CT molecular complexity index is 586. The van der Waals surface area contributed by atoms with Gasteiger partial charge >= 0.3 is 0 Å². The number of Topliss-reactive ketones (excluding diaryl/α,β-unsaturated/α-hetero) is 1. The zero-order chi connectivity index (χ0) is 13.3. The summed E-state index contributed by atoms with van der Waals surface area (Å²) in [7, 11) is 2.00. The Morgan fingerprint density at radius 2 is 2.22 bits per heavy atom. The van der Waals surface area contributed by atoms with Gasteiger partial charge in [0.05, 0.1) is 11.0 Å². The third-order valence-electron chi connectivity index (χ3n) is 3.36. The molecule has 2 N–H and O–H groups in total. The van der Waals surface area contributed by atoms with Crippen molar-refractivity contribution in [2.45, 2.75) is 32.7 Å². The van der Waals surface area contributed by atoms with Gasteiger partial charge in [0.1, 0.15) is 11.6 Å². The number of ketones is 1. The topological polar surface area (TPSA) is 60.9 Å². The predicted molar refractivity (Wildman–Crippen MR) is 72.3 cm³/mol. The lowest BCUT2D eigenvalue weighted by atomic mass is 10.0. The fourth-order valence-electron chi connectivity index (χ4n) is 2.09. The Kier molecular flexibility index (Phi) is 3.48. The van der Waals surface area contributed by atoms with Crippen molar-refractivity contribution in [1.82, 2.24) is 9.55 Å². The van der Waals surface area contributed by atoms with Crippen LogP contribution in [-0.2, 0) is 11.8 Å². The van der Waals surface area contributed by atoms with E-state index in [0.29, 0.717) is 12.8 Å². The van der Waals surface area contributed by atoms with Crippen LogP contribution in [0.3, 0.4) is 0 Å². The van der Waals surface area contributed by atoms with Crippen LogP contribution in [0.1, 0.15) is 37.2 Å². The number of rotatable bonds is 4. The van der Waals surface area contributed by atoms with Gasteiger partial charge in [0.25, 0.3) is 0 Å². The van der Waals surface area contributed by atoms with Crippen molar-refractivity contribution in [3.05, 3.63) is 29.6 Å². The first kappa shape index (κ1) is 12.8. The summed E-state index contributed by atoms with van der Waals surface area (Å²) in [5, 5.41) is 0. The normalized spacial score (nSPS) is 12.9. The zero-order valence-electron chi connectivity index (χ0n) is 11.1. The highest BCUT2D eigenvalue weighted by atomic mass is 16.1. The molecular formula is C14H19N3O. The molecule has 4 nitrogen and oxygen atoms in total. The smallest absolute Gasteiger partial charge is 0.129 e. The molecule has 0 aliphatic heterocycles. The van der Waals surface area contributed by atoms with E-state index in [0.717, 1.165) is 22.4 Å². The molecule has 0 radical (unpaired) electrons. The van der Waals surface area contributed by atoms with Gasteiger partial charge < -0.3 is 15.1 Å². The average molecular weight is 245 g/mol. The van der Waals surface area contributed by atoms with E-state index in [4.69, 9.17) is 5.73 Å². The number of imidazole rings is 1. The first-order chi connectivity index (χ1) is 8.49. The fraction of sp³-hybridized carbons (Fsp3) is 0.429. The van der Waals surface area contributed by atoms with Gasteiger partial charge in [-0.15, -0.1) is 0 Å². The minimum atomic E-state index is -0.0967. The van der Waals surface area contributed by atoms with Gasteiger partial charge in [-0.3, -0.25) is 0 Å². The van der Waals surface area contributed by atoms with Gasteiger partial charge in [0.15, 0.2) is 0 Å². The Morgan fingerprint density at radius 1 is 1.50 bits per heavy atom. The maximum absolute atomic E-state index is 11.0. The second kappa shape index (κ2) is 4.90. The Hall–Kier alpha value is -1.68. The quantitative estimate of drug-likeness (QED) is 0.898. The maximum Gasteiger partial charge on any atom is 0.129 e. The molecule has 0 saturated heterocycles. The van der Waals surface area contributed by atoms with Gasteiger partial charge in [-0.2, -0.15) is 0 Å². The van der Waals surface area contributed by atoms with Crippen LogP contribution in [0.4, 0.5) is 0 Å². The highest BCUT2D eigenvalue weighted by Crippen LogP contribution is 2.22.